The number of carbonyl (C=O) groups is 3. The molecule has 6 N–H and O–H groups in total. The zero-order valence-corrected chi connectivity index (χ0v) is 25.3. The third-order valence-electron chi connectivity index (χ3n) is 9.04. The Morgan fingerprint density at radius 2 is 1.77 bits per heavy atom. The van der Waals surface area contributed by atoms with Crippen molar-refractivity contribution in [3.63, 3.8) is 0 Å². The molecule has 3 aliphatic rings. The van der Waals surface area contributed by atoms with Crippen LogP contribution in [0.3, 0.4) is 0 Å². The fraction of sp³-hybridized carbons (Fsp3) is 0.567. The smallest absolute Gasteiger partial charge is 0.389 e. The van der Waals surface area contributed by atoms with Gasteiger partial charge in [-0.05, 0) is 64.0 Å². The second kappa shape index (κ2) is 11.7. The van der Waals surface area contributed by atoms with E-state index in [0.29, 0.717) is 17.8 Å². The molecule has 0 spiro atoms. The van der Waals surface area contributed by atoms with Crippen LogP contribution in [-0.2, 0) is 22.6 Å². The number of nitrogens with two attached hydrogens (primary N) is 1. The van der Waals surface area contributed by atoms with E-state index in [9.17, 15) is 48.0 Å². The number of aliphatic hydroxyl groups excluding tert-OH is 2. The van der Waals surface area contributed by atoms with Crippen LogP contribution in [0.25, 0.3) is 0 Å². The number of aliphatic hydroxyl groups is 3. The van der Waals surface area contributed by atoms with Gasteiger partial charge in [0.25, 0.3) is 5.91 Å². The van der Waals surface area contributed by atoms with Gasteiger partial charge >= 0.3 is 6.18 Å². The van der Waals surface area contributed by atoms with Crippen molar-refractivity contribution < 1.29 is 48.0 Å². The Bertz CT molecular complexity index is 1450. The van der Waals surface area contributed by atoms with Crippen LogP contribution in [0.15, 0.2) is 28.7 Å². The Morgan fingerprint density at radius 3 is 2.30 bits per heavy atom. The lowest BCUT2D eigenvalue weighted by molar-refractivity contribution is -0.148. The SMILES string of the molecule is CCN(CCCC(F)(F)F)Cc1cc(N(C)C)c2c(c1O)C(=O)C1=C(O)[C@]3(O)C(=O)C(C(N)=O)=C(O)[C@@H](N(C)C)[C@@H]3C[C@@H]1C2. The predicted octanol–water partition coefficient (Wildman–Crippen LogP) is 2.35. The number of amides is 1. The number of fused-ring (bicyclic) bond motifs is 3. The first-order chi connectivity index (χ1) is 20.4. The number of phenols is 1. The first-order valence-electron chi connectivity index (χ1n) is 14.4. The molecule has 44 heavy (non-hydrogen) atoms. The summed E-state index contributed by atoms with van der Waals surface area (Å²) >= 11 is 0. The number of primary amides is 1. The standard InChI is InChI=1S/C30H39F3N4O7/c1-6-37(9-7-8-29(31,32)33)13-15-12-18(35(2)3)16-10-14-11-17-22(36(4)5)25(40)21(28(34)43)27(42)30(17,44)26(41)19(14)24(39)20(16)23(15)38/h12,14,17,22,38,40-41,44H,6-11,13H2,1-5H3,(H2,34,43)/t14-,17-,22-,30-/m0/s1. The molecule has 0 unspecified atom stereocenters. The van der Waals surface area contributed by atoms with Gasteiger partial charge in [0.1, 0.15) is 22.8 Å². The molecule has 0 bridgehead atoms. The summed E-state index contributed by atoms with van der Waals surface area (Å²) in [7, 11) is 6.58. The topological polar surface area (TPSA) is 168 Å². The summed E-state index contributed by atoms with van der Waals surface area (Å²) in [6, 6.07) is 0.587. The summed E-state index contributed by atoms with van der Waals surface area (Å²) in [5.41, 5.74) is 2.65. The quantitative estimate of drug-likeness (QED) is 0.257. The van der Waals surface area contributed by atoms with Crippen LogP contribution in [0.1, 0.15) is 47.7 Å². The zero-order chi connectivity index (χ0) is 33.0. The van der Waals surface area contributed by atoms with Crippen molar-refractivity contribution in [3.05, 3.63) is 45.4 Å². The molecule has 0 aliphatic heterocycles. The van der Waals surface area contributed by atoms with Gasteiger partial charge in [-0.2, -0.15) is 13.2 Å². The maximum atomic E-state index is 14.1. The van der Waals surface area contributed by atoms with Crippen molar-refractivity contribution >= 4 is 23.2 Å². The Kier molecular flexibility index (Phi) is 8.86. The summed E-state index contributed by atoms with van der Waals surface area (Å²) in [4.78, 5) is 44.7. The number of hydrogen-bond donors (Lipinski definition) is 5. The molecule has 0 fully saturated rings. The van der Waals surface area contributed by atoms with Crippen molar-refractivity contribution in [1.29, 1.82) is 0 Å². The van der Waals surface area contributed by atoms with Crippen LogP contribution in [0.2, 0.25) is 0 Å². The molecular formula is C30H39F3N4O7. The van der Waals surface area contributed by atoms with Gasteiger partial charge in [0, 0.05) is 49.8 Å². The highest BCUT2D eigenvalue weighted by atomic mass is 19.4. The Morgan fingerprint density at radius 1 is 1.14 bits per heavy atom. The van der Waals surface area contributed by atoms with E-state index < -0.39 is 76.4 Å². The van der Waals surface area contributed by atoms with E-state index in [4.69, 9.17) is 5.73 Å². The van der Waals surface area contributed by atoms with E-state index in [2.05, 4.69) is 0 Å². The summed E-state index contributed by atoms with van der Waals surface area (Å²) < 4.78 is 38.2. The molecule has 0 saturated carbocycles. The highest BCUT2D eigenvalue weighted by Crippen LogP contribution is 2.53. The summed E-state index contributed by atoms with van der Waals surface area (Å²) in [6.07, 6.45) is -5.32. The number of nitrogens with zero attached hydrogens (tertiary/aromatic N) is 3. The average molecular weight is 625 g/mol. The number of phenolic OH excluding ortho intramolecular Hbond substituents is 1. The number of allylic oxidation sites excluding steroid dienone is 1. The number of alkyl halides is 3. The van der Waals surface area contributed by atoms with Crippen molar-refractivity contribution in [1.82, 2.24) is 9.80 Å². The minimum Gasteiger partial charge on any atom is -0.510 e. The number of halogens is 3. The number of carbonyl (C=O) groups excluding carboxylic acids is 3. The summed E-state index contributed by atoms with van der Waals surface area (Å²) in [5.74, 6) is -7.33. The van der Waals surface area contributed by atoms with E-state index in [1.54, 1.807) is 51.0 Å². The normalized spacial score (nSPS) is 25.4. The molecule has 1 amide bonds. The number of likely N-dealkylation sites (N-methyl/N-ethyl adjacent to an activating group) is 1. The third kappa shape index (κ3) is 5.43. The molecule has 14 heteroatoms. The van der Waals surface area contributed by atoms with Crippen LogP contribution < -0.4 is 10.6 Å². The zero-order valence-electron chi connectivity index (χ0n) is 25.3. The van der Waals surface area contributed by atoms with Gasteiger partial charge in [-0.25, -0.2) is 0 Å². The van der Waals surface area contributed by atoms with Crippen LogP contribution >= 0.6 is 0 Å². The summed E-state index contributed by atoms with van der Waals surface area (Å²) in [6.45, 7) is 2.28. The van der Waals surface area contributed by atoms with Crippen LogP contribution in [0.4, 0.5) is 18.9 Å². The van der Waals surface area contributed by atoms with Gasteiger partial charge in [-0.15, -0.1) is 0 Å². The molecule has 0 aromatic heterocycles. The maximum absolute atomic E-state index is 14.1. The predicted molar refractivity (Wildman–Crippen MR) is 154 cm³/mol. The number of ketones is 2. The van der Waals surface area contributed by atoms with Crippen LogP contribution in [0, 0.1) is 11.8 Å². The van der Waals surface area contributed by atoms with Gasteiger partial charge in [0.15, 0.2) is 11.4 Å². The van der Waals surface area contributed by atoms with E-state index in [1.807, 2.05) is 0 Å². The van der Waals surface area contributed by atoms with E-state index in [0.717, 1.165) is 0 Å². The second-order valence-corrected chi connectivity index (χ2v) is 12.2. The van der Waals surface area contributed by atoms with Gasteiger partial charge in [-0.3, -0.25) is 24.2 Å². The van der Waals surface area contributed by atoms with Crippen molar-refractivity contribution in [2.75, 3.05) is 46.2 Å². The number of anilines is 1. The fourth-order valence-corrected chi connectivity index (χ4v) is 6.97. The first-order valence-corrected chi connectivity index (χ1v) is 14.4. The highest BCUT2D eigenvalue weighted by molar-refractivity contribution is 6.25. The number of aromatic hydroxyl groups is 1. The largest absolute Gasteiger partial charge is 0.510 e. The van der Waals surface area contributed by atoms with E-state index in [-0.39, 0.29) is 49.1 Å². The second-order valence-electron chi connectivity index (χ2n) is 12.2. The van der Waals surface area contributed by atoms with Crippen molar-refractivity contribution in [2.24, 2.45) is 17.6 Å². The monoisotopic (exact) mass is 624 g/mol. The van der Waals surface area contributed by atoms with Gasteiger partial charge in [-0.1, -0.05) is 6.92 Å². The van der Waals surface area contributed by atoms with Crippen molar-refractivity contribution in [2.45, 2.75) is 57.0 Å². The van der Waals surface area contributed by atoms with Gasteiger partial charge in [0.2, 0.25) is 5.78 Å². The Balaban J connectivity index is 1.84. The Hall–Kier alpha value is -3.62. The molecule has 242 valence electrons. The molecule has 0 heterocycles. The molecule has 0 saturated heterocycles. The number of Topliss-reactive ketones (excluding diaryl/α,β-unsaturated/α-hetero) is 2. The lowest BCUT2D eigenvalue weighted by Crippen LogP contribution is -2.63. The number of hydrogen-bond acceptors (Lipinski definition) is 10. The van der Waals surface area contributed by atoms with Crippen LogP contribution in [0.5, 0.6) is 5.75 Å². The summed E-state index contributed by atoms with van der Waals surface area (Å²) in [5, 5.41) is 45.6. The van der Waals surface area contributed by atoms with E-state index in [1.165, 1.54) is 4.90 Å². The molecular weight excluding hydrogens is 585 g/mol. The minimum atomic E-state index is -4.30. The molecule has 1 aromatic carbocycles. The molecule has 11 nitrogen and oxygen atoms in total. The third-order valence-corrected chi connectivity index (χ3v) is 9.04. The number of rotatable bonds is 9. The number of benzene rings is 1. The van der Waals surface area contributed by atoms with Gasteiger partial charge < -0.3 is 31.1 Å². The van der Waals surface area contributed by atoms with Crippen molar-refractivity contribution in [3.8, 4) is 5.75 Å². The van der Waals surface area contributed by atoms with E-state index >= 15 is 0 Å². The molecule has 1 aromatic rings. The van der Waals surface area contributed by atoms with Crippen LogP contribution in [-0.4, -0.2) is 107 Å². The molecule has 4 atom stereocenters. The maximum Gasteiger partial charge on any atom is 0.389 e. The first kappa shape index (κ1) is 33.3. The average Bonchev–Trinajstić information content (AvgIpc) is 2.90. The lowest BCUT2D eigenvalue weighted by atomic mass is 9.58. The Labute approximate surface area is 253 Å². The fourth-order valence-electron chi connectivity index (χ4n) is 6.97. The van der Waals surface area contributed by atoms with Gasteiger partial charge in [0.05, 0.1) is 11.6 Å². The molecule has 0 radical (unpaired) electrons. The highest BCUT2D eigenvalue weighted by Gasteiger charge is 2.63. The lowest BCUT2D eigenvalue weighted by Gasteiger charge is -2.50. The minimum absolute atomic E-state index is 0.0377. The molecule has 3 aliphatic carbocycles. The molecule has 4 rings (SSSR count).